The Labute approximate surface area is 131 Å². The van der Waals surface area contributed by atoms with Crippen LogP contribution < -0.4 is 4.74 Å². The molecule has 0 aliphatic carbocycles. The van der Waals surface area contributed by atoms with Gasteiger partial charge in [0.2, 0.25) is 5.88 Å². The molecular weight excluding hydrogens is 280 g/mol. The van der Waals surface area contributed by atoms with Crippen molar-refractivity contribution < 1.29 is 9.53 Å². The van der Waals surface area contributed by atoms with Crippen LogP contribution in [0.15, 0.2) is 18.3 Å². The monoisotopic (exact) mass is 304 g/mol. The summed E-state index contributed by atoms with van der Waals surface area (Å²) in [7, 11) is 3.99. The summed E-state index contributed by atoms with van der Waals surface area (Å²) in [5.41, 5.74) is 0.562. The first-order valence-electron chi connectivity index (χ1n) is 7.91. The number of hydrogen-bond donors (Lipinski definition) is 0. The zero-order valence-corrected chi connectivity index (χ0v) is 13.4. The molecule has 6 heteroatoms. The van der Waals surface area contributed by atoms with Crippen LogP contribution in [0.2, 0.25) is 0 Å². The van der Waals surface area contributed by atoms with Crippen LogP contribution in [0.3, 0.4) is 0 Å². The molecule has 3 rings (SSSR count). The van der Waals surface area contributed by atoms with Crippen LogP contribution in [0.1, 0.15) is 16.8 Å². The first kappa shape index (κ1) is 15.2. The van der Waals surface area contributed by atoms with Crippen LogP contribution >= 0.6 is 0 Å². The Balaban J connectivity index is 1.62. The van der Waals surface area contributed by atoms with E-state index in [-0.39, 0.29) is 12.0 Å². The second kappa shape index (κ2) is 6.62. The summed E-state index contributed by atoms with van der Waals surface area (Å²) in [6.45, 7) is 6.06. The van der Waals surface area contributed by atoms with Gasteiger partial charge >= 0.3 is 0 Å². The lowest BCUT2D eigenvalue weighted by atomic mass is 10.2. The molecule has 1 unspecified atom stereocenters. The highest BCUT2D eigenvalue weighted by Gasteiger charge is 2.27. The van der Waals surface area contributed by atoms with Crippen molar-refractivity contribution in [2.24, 2.45) is 0 Å². The molecule has 0 saturated carbocycles. The molecule has 1 fully saturated rings. The molecule has 2 aliphatic rings. The van der Waals surface area contributed by atoms with Crippen LogP contribution in [0.25, 0.3) is 0 Å². The summed E-state index contributed by atoms with van der Waals surface area (Å²) in [5, 5.41) is 0. The Morgan fingerprint density at radius 2 is 2.05 bits per heavy atom. The molecule has 22 heavy (non-hydrogen) atoms. The number of likely N-dealkylation sites (N-methyl/N-ethyl adjacent to an activating group) is 2. The van der Waals surface area contributed by atoms with E-state index in [2.05, 4.69) is 21.8 Å². The molecule has 1 saturated heterocycles. The maximum Gasteiger partial charge on any atom is 0.259 e. The van der Waals surface area contributed by atoms with E-state index in [1.165, 1.54) is 0 Å². The molecule has 0 radical (unpaired) electrons. The van der Waals surface area contributed by atoms with Crippen molar-refractivity contribution in [2.75, 3.05) is 53.4 Å². The number of aromatic nitrogens is 1. The normalized spacial score (nSPS) is 23.8. The van der Waals surface area contributed by atoms with Gasteiger partial charge in [-0.05, 0) is 25.6 Å². The second-order valence-electron chi connectivity index (χ2n) is 6.22. The summed E-state index contributed by atoms with van der Waals surface area (Å²) in [6, 6.07) is 3.56. The molecule has 0 bridgehead atoms. The van der Waals surface area contributed by atoms with Gasteiger partial charge in [-0.2, -0.15) is 0 Å². The SMILES string of the molecule is CN1CCN(CCC2CN(C)C(=O)c3cccnc3O2)CC1. The first-order valence-corrected chi connectivity index (χ1v) is 7.91. The Morgan fingerprint density at radius 1 is 1.27 bits per heavy atom. The maximum absolute atomic E-state index is 12.3. The van der Waals surface area contributed by atoms with Crippen LogP contribution in [-0.4, -0.2) is 85.1 Å². The number of fused-ring (bicyclic) bond motifs is 1. The minimum atomic E-state index is -0.00908. The van der Waals surface area contributed by atoms with Gasteiger partial charge in [-0.25, -0.2) is 4.98 Å². The standard InChI is InChI=1S/C16H24N4O2/c1-18-8-10-20(11-9-18)7-5-13-12-19(2)16(21)14-4-3-6-17-15(14)22-13/h3-4,6,13H,5,7-12H2,1-2H3. The highest BCUT2D eigenvalue weighted by atomic mass is 16.5. The van der Waals surface area contributed by atoms with E-state index >= 15 is 0 Å². The van der Waals surface area contributed by atoms with Crippen molar-refractivity contribution in [3.63, 3.8) is 0 Å². The lowest BCUT2D eigenvalue weighted by Gasteiger charge is -2.33. The van der Waals surface area contributed by atoms with Crippen molar-refractivity contribution in [3.05, 3.63) is 23.9 Å². The molecule has 2 aliphatic heterocycles. The molecular formula is C16H24N4O2. The Bertz CT molecular complexity index is 529. The lowest BCUT2D eigenvalue weighted by Crippen LogP contribution is -2.46. The van der Waals surface area contributed by atoms with Crippen molar-refractivity contribution in [2.45, 2.75) is 12.5 Å². The summed E-state index contributed by atoms with van der Waals surface area (Å²) < 4.78 is 6.00. The molecule has 0 aromatic carbocycles. The molecule has 1 aromatic heterocycles. The number of nitrogens with zero attached hydrogens (tertiary/aromatic N) is 4. The number of hydrogen-bond acceptors (Lipinski definition) is 5. The summed E-state index contributed by atoms with van der Waals surface area (Å²) in [4.78, 5) is 23.1. The van der Waals surface area contributed by atoms with Gasteiger partial charge in [-0.15, -0.1) is 0 Å². The van der Waals surface area contributed by atoms with Crippen molar-refractivity contribution in [1.82, 2.24) is 19.7 Å². The van der Waals surface area contributed by atoms with E-state index in [4.69, 9.17) is 4.74 Å². The van der Waals surface area contributed by atoms with Gasteiger partial charge in [-0.1, -0.05) is 0 Å². The van der Waals surface area contributed by atoms with E-state index in [1.807, 2.05) is 7.05 Å². The van der Waals surface area contributed by atoms with Crippen molar-refractivity contribution >= 4 is 5.91 Å². The molecule has 6 nitrogen and oxygen atoms in total. The molecule has 3 heterocycles. The molecule has 120 valence electrons. The number of piperazine rings is 1. The molecule has 0 N–H and O–H groups in total. The second-order valence-corrected chi connectivity index (χ2v) is 6.22. The van der Waals surface area contributed by atoms with E-state index in [1.54, 1.807) is 23.2 Å². The zero-order chi connectivity index (χ0) is 15.5. The third-order valence-corrected chi connectivity index (χ3v) is 4.47. The minimum Gasteiger partial charge on any atom is -0.472 e. The fraction of sp³-hybridized carbons (Fsp3) is 0.625. The van der Waals surface area contributed by atoms with Gasteiger partial charge in [0.1, 0.15) is 11.7 Å². The minimum absolute atomic E-state index is 0.00440. The van der Waals surface area contributed by atoms with E-state index in [9.17, 15) is 4.79 Å². The third kappa shape index (κ3) is 3.39. The number of carbonyl (C=O) groups excluding carboxylic acids is 1. The predicted octanol–water partition coefficient (Wildman–Crippen LogP) is 0.552. The van der Waals surface area contributed by atoms with E-state index < -0.39 is 0 Å². The number of ether oxygens (including phenoxy) is 1. The predicted molar refractivity (Wildman–Crippen MR) is 84.2 cm³/mol. The Hall–Kier alpha value is -1.66. The van der Waals surface area contributed by atoms with Crippen LogP contribution in [0.4, 0.5) is 0 Å². The first-order chi connectivity index (χ1) is 10.6. The lowest BCUT2D eigenvalue weighted by molar-refractivity contribution is 0.0731. The fourth-order valence-corrected chi connectivity index (χ4v) is 2.98. The quantitative estimate of drug-likeness (QED) is 0.816. The van der Waals surface area contributed by atoms with Gasteiger partial charge < -0.3 is 19.4 Å². The van der Waals surface area contributed by atoms with E-state index in [0.29, 0.717) is 18.0 Å². The summed E-state index contributed by atoms with van der Waals surface area (Å²) in [6.07, 6.45) is 2.59. The van der Waals surface area contributed by atoms with Crippen LogP contribution in [-0.2, 0) is 0 Å². The van der Waals surface area contributed by atoms with Gasteiger partial charge in [-0.3, -0.25) is 4.79 Å². The topological polar surface area (TPSA) is 48.9 Å². The fourth-order valence-electron chi connectivity index (χ4n) is 2.98. The highest BCUT2D eigenvalue weighted by molar-refractivity contribution is 5.96. The smallest absolute Gasteiger partial charge is 0.259 e. The molecule has 1 atom stereocenters. The summed E-state index contributed by atoms with van der Waals surface area (Å²) >= 11 is 0. The van der Waals surface area contributed by atoms with E-state index in [0.717, 1.165) is 39.1 Å². The molecule has 1 aromatic rings. The van der Waals surface area contributed by atoms with Crippen LogP contribution in [0, 0.1) is 0 Å². The van der Waals surface area contributed by atoms with Crippen LogP contribution in [0.5, 0.6) is 5.88 Å². The van der Waals surface area contributed by atoms with Gasteiger partial charge in [0.25, 0.3) is 5.91 Å². The largest absolute Gasteiger partial charge is 0.472 e. The van der Waals surface area contributed by atoms with Gasteiger partial charge in [0.15, 0.2) is 0 Å². The number of carbonyl (C=O) groups is 1. The molecule has 0 spiro atoms. The Morgan fingerprint density at radius 3 is 2.82 bits per heavy atom. The number of rotatable bonds is 3. The highest BCUT2D eigenvalue weighted by Crippen LogP contribution is 2.22. The number of amides is 1. The Kier molecular flexibility index (Phi) is 4.59. The average molecular weight is 304 g/mol. The summed E-state index contributed by atoms with van der Waals surface area (Å²) in [5.74, 6) is 0.463. The maximum atomic E-state index is 12.3. The average Bonchev–Trinajstić information content (AvgIpc) is 2.65. The van der Waals surface area contributed by atoms with Crippen molar-refractivity contribution in [3.8, 4) is 5.88 Å². The molecule has 1 amide bonds. The van der Waals surface area contributed by atoms with Gasteiger partial charge in [0, 0.05) is 46.0 Å². The third-order valence-electron chi connectivity index (χ3n) is 4.47. The van der Waals surface area contributed by atoms with Crippen molar-refractivity contribution in [1.29, 1.82) is 0 Å². The van der Waals surface area contributed by atoms with Gasteiger partial charge in [0.05, 0.1) is 6.54 Å². The number of pyridine rings is 1. The zero-order valence-electron chi connectivity index (χ0n) is 13.4.